The van der Waals surface area contributed by atoms with E-state index in [4.69, 9.17) is 0 Å². The number of guanidine groups is 1. The van der Waals surface area contributed by atoms with Gasteiger partial charge in [0, 0.05) is 59.1 Å². The van der Waals surface area contributed by atoms with Gasteiger partial charge in [-0.2, -0.15) is 5.10 Å². The number of nitrogens with zero attached hydrogens (tertiary/aromatic N) is 6. The smallest absolute Gasteiger partial charge is 0.239 e. The van der Waals surface area contributed by atoms with Crippen molar-refractivity contribution in [3.63, 3.8) is 0 Å². The Bertz CT molecular complexity index is 896. The summed E-state index contributed by atoms with van der Waals surface area (Å²) in [6, 6.07) is 10.1. The highest BCUT2D eigenvalue weighted by atomic mass is 16.2. The second kappa shape index (κ2) is 10.6. The van der Waals surface area contributed by atoms with Crippen molar-refractivity contribution in [2.75, 3.05) is 52.9 Å². The maximum absolute atomic E-state index is 12.7. The van der Waals surface area contributed by atoms with Crippen LogP contribution in [0.2, 0.25) is 0 Å². The second-order valence-corrected chi connectivity index (χ2v) is 8.58. The van der Waals surface area contributed by atoms with Crippen LogP contribution in [-0.4, -0.2) is 95.2 Å². The van der Waals surface area contributed by atoms with Crippen molar-refractivity contribution in [1.29, 1.82) is 0 Å². The molecule has 0 bridgehead atoms. The monoisotopic (exact) mass is 437 g/mol. The number of benzene rings is 1. The average Bonchev–Trinajstić information content (AvgIpc) is 3.54. The third-order valence-electron chi connectivity index (χ3n) is 6.50. The fourth-order valence-corrected chi connectivity index (χ4v) is 4.54. The molecule has 2 aliphatic rings. The van der Waals surface area contributed by atoms with Crippen LogP contribution in [0.4, 0.5) is 0 Å². The molecule has 1 atom stereocenters. The molecule has 32 heavy (non-hydrogen) atoms. The van der Waals surface area contributed by atoms with Gasteiger partial charge in [0.2, 0.25) is 5.91 Å². The molecule has 1 aromatic heterocycles. The van der Waals surface area contributed by atoms with Gasteiger partial charge < -0.3 is 15.1 Å². The van der Waals surface area contributed by atoms with Crippen LogP contribution in [0.25, 0.3) is 5.69 Å². The molecule has 0 aliphatic carbocycles. The number of nitrogens with one attached hydrogen (secondary N) is 1. The highest BCUT2D eigenvalue weighted by Crippen LogP contribution is 2.14. The fraction of sp³-hybridized carbons (Fsp3) is 0.542. The highest BCUT2D eigenvalue weighted by molar-refractivity contribution is 5.82. The van der Waals surface area contributed by atoms with Gasteiger partial charge in [-0.1, -0.05) is 18.2 Å². The molecule has 3 heterocycles. The van der Waals surface area contributed by atoms with Gasteiger partial charge >= 0.3 is 0 Å². The quantitative estimate of drug-likeness (QED) is 0.549. The molecule has 2 saturated heterocycles. The normalized spacial score (nSPS) is 18.8. The van der Waals surface area contributed by atoms with Crippen LogP contribution < -0.4 is 5.32 Å². The molecule has 8 heteroatoms. The summed E-state index contributed by atoms with van der Waals surface area (Å²) in [6.45, 7) is 8.22. The summed E-state index contributed by atoms with van der Waals surface area (Å²) in [5.74, 6) is 1.22. The zero-order valence-electron chi connectivity index (χ0n) is 19.3. The first kappa shape index (κ1) is 22.3. The lowest BCUT2D eigenvalue weighted by molar-refractivity contribution is -0.135. The lowest BCUT2D eigenvalue weighted by Gasteiger charge is -2.39. The van der Waals surface area contributed by atoms with E-state index >= 15 is 0 Å². The summed E-state index contributed by atoms with van der Waals surface area (Å²) >= 11 is 0. The van der Waals surface area contributed by atoms with E-state index in [1.54, 1.807) is 0 Å². The Morgan fingerprint density at radius 1 is 1.06 bits per heavy atom. The van der Waals surface area contributed by atoms with Crippen LogP contribution in [0.1, 0.15) is 25.3 Å². The number of carbonyl (C=O) groups excluding carboxylic acids is 1. The number of hydrogen-bond donors (Lipinski definition) is 1. The second-order valence-electron chi connectivity index (χ2n) is 8.58. The highest BCUT2D eigenvalue weighted by Gasteiger charge is 2.30. The third kappa shape index (κ3) is 5.30. The van der Waals surface area contributed by atoms with Crippen molar-refractivity contribution >= 4 is 11.9 Å². The minimum Gasteiger partial charge on any atom is -0.356 e. The summed E-state index contributed by atoms with van der Waals surface area (Å²) in [6.07, 6.45) is 7.17. The Balaban J connectivity index is 1.22. The molecule has 8 nitrogen and oxygen atoms in total. The van der Waals surface area contributed by atoms with Gasteiger partial charge in [-0.3, -0.25) is 14.7 Å². The Labute approximate surface area is 190 Å². The fourth-order valence-electron chi connectivity index (χ4n) is 4.54. The molecule has 0 saturated carbocycles. The Hall–Kier alpha value is -2.87. The molecule has 1 N–H and O–H groups in total. The van der Waals surface area contributed by atoms with E-state index in [2.05, 4.69) is 50.5 Å². The van der Waals surface area contributed by atoms with E-state index in [-0.39, 0.29) is 11.9 Å². The van der Waals surface area contributed by atoms with E-state index in [1.807, 2.05) is 41.0 Å². The number of piperazine rings is 1. The summed E-state index contributed by atoms with van der Waals surface area (Å²) in [4.78, 5) is 23.8. The topological polar surface area (TPSA) is 69.0 Å². The Morgan fingerprint density at radius 2 is 1.78 bits per heavy atom. The van der Waals surface area contributed by atoms with Gasteiger partial charge in [-0.25, -0.2) is 4.68 Å². The molecule has 172 valence electrons. The van der Waals surface area contributed by atoms with E-state index in [0.717, 1.165) is 76.7 Å². The van der Waals surface area contributed by atoms with Crippen molar-refractivity contribution in [2.24, 2.45) is 4.99 Å². The first-order chi connectivity index (χ1) is 15.7. The minimum atomic E-state index is -0.0358. The number of aliphatic imine (C=N–C) groups is 1. The van der Waals surface area contributed by atoms with Gasteiger partial charge in [0.15, 0.2) is 5.96 Å². The van der Waals surface area contributed by atoms with Crippen LogP contribution in [-0.2, 0) is 11.2 Å². The molecule has 1 unspecified atom stereocenters. The van der Waals surface area contributed by atoms with Gasteiger partial charge in [0.25, 0.3) is 0 Å². The summed E-state index contributed by atoms with van der Waals surface area (Å²) in [7, 11) is 1.83. The SMILES string of the molecule is CN=C(NCCc1cnn(-c2ccccc2)c1)N1CCN(C(C)C(=O)N2CCCC2)CC1. The molecule has 2 fully saturated rings. The van der Waals surface area contributed by atoms with Crippen molar-refractivity contribution < 1.29 is 4.79 Å². The number of para-hydroxylation sites is 1. The minimum absolute atomic E-state index is 0.0358. The van der Waals surface area contributed by atoms with Crippen LogP contribution in [0, 0.1) is 0 Å². The van der Waals surface area contributed by atoms with Crippen molar-refractivity contribution in [3.8, 4) is 5.69 Å². The molecule has 0 spiro atoms. The maximum atomic E-state index is 12.7. The predicted molar refractivity (Wildman–Crippen MR) is 127 cm³/mol. The van der Waals surface area contributed by atoms with Crippen LogP contribution in [0.5, 0.6) is 0 Å². The van der Waals surface area contributed by atoms with E-state index in [1.165, 1.54) is 5.56 Å². The lowest BCUT2D eigenvalue weighted by Crippen LogP contribution is -2.57. The van der Waals surface area contributed by atoms with Gasteiger partial charge in [0.1, 0.15) is 0 Å². The van der Waals surface area contributed by atoms with Gasteiger partial charge in [-0.05, 0) is 43.9 Å². The number of aromatic nitrogens is 2. The van der Waals surface area contributed by atoms with Crippen molar-refractivity contribution in [3.05, 3.63) is 48.3 Å². The number of amides is 1. The molecule has 4 rings (SSSR count). The molecule has 0 radical (unpaired) electrons. The molecule has 1 aromatic carbocycles. The largest absolute Gasteiger partial charge is 0.356 e. The Morgan fingerprint density at radius 3 is 2.47 bits per heavy atom. The number of likely N-dealkylation sites (tertiary alicyclic amines) is 1. The standard InChI is InChI=1S/C24H35N7O/c1-20(23(32)29-12-6-7-13-29)28-14-16-30(17-15-28)24(25-2)26-11-10-21-18-27-31(19-21)22-8-4-3-5-9-22/h3-5,8-9,18-20H,6-7,10-17H2,1-2H3,(H,25,26). The number of carbonyl (C=O) groups is 1. The average molecular weight is 438 g/mol. The van der Waals surface area contributed by atoms with E-state index in [9.17, 15) is 4.79 Å². The lowest BCUT2D eigenvalue weighted by atomic mass is 10.2. The Kier molecular flexibility index (Phi) is 7.42. The third-order valence-corrected chi connectivity index (χ3v) is 6.50. The van der Waals surface area contributed by atoms with Crippen LogP contribution in [0.15, 0.2) is 47.7 Å². The summed E-state index contributed by atoms with van der Waals surface area (Å²) in [5, 5.41) is 7.97. The van der Waals surface area contributed by atoms with Gasteiger partial charge in [0.05, 0.1) is 17.9 Å². The van der Waals surface area contributed by atoms with Crippen molar-refractivity contribution in [2.45, 2.75) is 32.2 Å². The molecule has 2 aromatic rings. The number of rotatable bonds is 6. The van der Waals surface area contributed by atoms with Crippen molar-refractivity contribution in [1.82, 2.24) is 29.8 Å². The van der Waals surface area contributed by atoms with Crippen LogP contribution in [0.3, 0.4) is 0 Å². The summed E-state index contributed by atoms with van der Waals surface area (Å²) < 4.78 is 1.91. The summed E-state index contributed by atoms with van der Waals surface area (Å²) in [5.41, 5.74) is 2.26. The van der Waals surface area contributed by atoms with Gasteiger partial charge in [-0.15, -0.1) is 0 Å². The predicted octanol–water partition coefficient (Wildman–Crippen LogP) is 1.62. The molecular weight excluding hydrogens is 402 g/mol. The van der Waals surface area contributed by atoms with E-state index < -0.39 is 0 Å². The number of hydrogen-bond acceptors (Lipinski definition) is 4. The first-order valence-corrected chi connectivity index (χ1v) is 11.7. The molecular formula is C24H35N7O. The first-order valence-electron chi connectivity index (χ1n) is 11.7. The van der Waals surface area contributed by atoms with E-state index in [0.29, 0.717) is 0 Å². The zero-order valence-corrected chi connectivity index (χ0v) is 19.3. The molecule has 2 aliphatic heterocycles. The zero-order chi connectivity index (χ0) is 22.3. The van der Waals surface area contributed by atoms with Crippen LogP contribution >= 0.6 is 0 Å². The molecule has 1 amide bonds. The maximum Gasteiger partial charge on any atom is 0.239 e.